The predicted octanol–water partition coefficient (Wildman–Crippen LogP) is 5.40. The number of anilines is 1. The minimum Gasteiger partial charge on any atom is -0.454 e. The van der Waals surface area contributed by atoms with Crippen LogP contribution in [0.3, 0.4) is 0 Å². The van der Waals surface area contributed by atoms with Gasteiger partial charge in [0.1, 0.15) is 11.5 Å². The summed E-state index contributed by atoms with van der Waals surface area (Å²) < 4.78 is 11.0. The third-order valence-electron chi connectivity index (χ3n) is 8.84. The van der Waals surface area contributed by atoms with Gasteiger partial charge in [0.05, 0.1) is 12.0 Å². The Bertz CT molecular complexity index is 1800. The van der Waals surface area contributed by atoms with Gasteiger partial charge >= 0.3 is 0 Å². The van der Waals surface area contributed by atoms with Crippen molar-refractivity contribution >= 4 is 29.2 Å². The third-order valence-corrected chi connectivity index (χ3v) is 8.84. The van der Waals surface area contributed by atoms with Crippen molar-refractivity contribution in [1.82, 2.24) is 4.90 Å². The van der Waals surface area contributed by atoms with Gasteiger partial charge in [0, 0.05) is 23.0 Å². The van der Waals surface area contributed by atoms with Crippen molar-refractivity contribution in [2.45, 2.75) is 17.5 Å². The summed E-state index contributed by atoms with van der Waals surface area (Å²) in [5, 5.41) is 3.07. The number of fused-ring (bicyclic) bond motifs is 7. The molecule has 4 aliphatic heterocycles. The summed E-state index contributed by atoms with van der Waals surface area (Å²) in [7, 11) is 0. The number of ketones is 2. The average molecular weight is 541 g/mol. The molecule has 8 rings (SSSR count). The molecule has 0 unspecified atom stereocenters. The monoisotopic (exact) mass is 540 g/mol. The fraction of sp³-hybridized carbons (Fsp3) is 0.147. The second-order valence-electron chi connectivity index (χ2n) is 10.7. The topological polar surface area (TPSA) is 84.9 Å². The molecule has 4 aromatic carbocycles. The van der Waals surface area contributed by atoms with Crippen molar-refractivity contribution in [3.05, 3.63) is 131 Å². The SMILES string of the molecule is O=C(c1ccc2c(c1)OCO2)[C@H]1[C@H](C(=O)c2ccccc2)[C@]2(C(=O)Nc3ccccc32)[C@@H]2c3ccccc3C=CN21. The number of hydrogen-bond acceptors (Lipinski definition) is 6. The van der Waals surface area contributed by atoms with Crippen LogP contribution in [0.1, 0.15) is 43.4 Å². The number of benzene rings is 4. The van der Waals surface area contributed by atoms with E-state index in [2.05, 4.69) is 5.32 Å². The molecule has 4 aliphatic rings. The molecule has 4 heterocycles. The van der Waals surface area contributed by atoms with Gasteiger partial charge in [-0.05, 0) is 47.0 Å². The van der Waals surface area contributed by atoms with Gasteiger partial charge in [-0.15, -0.1) is 0 Å². The Kier molecular flexibility index (Phi) is 5.01. The van der Waals surface area contributed by atoms with Crippen molar-refractivity contribution in [1.29, 1.82) is 0 Å². The Morgan fingerprint density at radius 2 is 1.56 bits per heavy atom. The van der Waals surface area contributed by atoms with E-state index in [9.17, 15) is 14.4 Å². The highest BCUT2D eigenvalue weighted by Crippen LogP contribution is 2.62. The number of rotatable bonds is 4. The van der Waals surface area contributed by atoms with E-state index in [1.54, 1.807) is 42.5 Å². The van der Waals surface area contributed by atoms with Crippen LogP contribution >= 0.6 is 0 Å². The lowest BCUT2D eigenvalue weighted by Crippen LogP contribution is -2.49. The molecule has 7 nitrogen and oxygen atoms in total. The second-order valence-corrected chi connectivity index (χ2v) is 10.7. The van der Waals surface area contributed by atoms with Crippen molar-refractivity contribution in [3.63, 3.8) is 0 Å². The average Bonchev–Trinajstić information content (AvgIpc) is 3.70. The summed E-state index contributed by atoms with van der Waals surface area (Å²) in [5.74, 6) is -0.775. The van der Waals surface area contributed by atoms with Crippen molar-refractivity contribution in [2.24, 2.45) is 5.92 Å². The zero-order chi connectivity index (χ0) is 27.7. The highest BCUT2D eigenvalue weighted by molar-refractivity contribution is 6.16. The highest BCUT2D eigenvalue weighted by atomic mass is 16.7. The molecule has 0 aromatic heterocycles. The quantitative estimate of drug-likeness (QED) is 0.349. The van der Waals surface area contributed by atoms with Crippen LogP contribution in [0.5, 0.6) is 11.5 Å². The molecule has 1 amide bonds. The lowest BCUT2D eigenvalue weighted by Gasteiger charge is -2.38. The van der Waals surface area contributed by atoms with Crippen LogP contribution in [0.25, 0.3) is 6.08 Å². The van der Waals surface area contributed by atoms with Crippen molar-refractivity contribution in [2.75, 3.05) is 12.1 Å². The molecule has 1 saturated heterocycles. The first-order valence-electron chi connectivity index (χ1n) is 13.6. The predicted molar refractivity (Wildman–Crippen MR) is 152 cm³/mol. The molecule has 0 aliphatic carbocycles. The number of hydrogen-bond donors (Lipinski definition) is 1. The van der Waals surface area contributed by atoms with Crippen LogP contribution in [0.15, 0.2) is 103 Å². The van der Waals surface area contributed by atoms with Gasteiger partial charge in [0.2, 0.25) is 12.7 Å². The van der Waals surface area contributed by atoms with Crippen LogP contribution in [0, 0.1) is 5.92 Å². The van der Waals surface area contributed by atoms with Gasteiger partial charge in [-0.1, -0.05) is 72.8 Å². The Morgan fingerprint density at radius 1 is 0.805 bits per heavy atom. The number of ether oxygens (including phenoxy) is 2. The first kappa shape index (κ1) is 23.7. The van der Waals surface area contributed by atoms with Gasteiger partial charge < -0.3 is 19.7 Å². The van der Waals surface area contributed by atoms with Crippen LogP contribution in [0.4, 0.5) is 5.69 Å². The van der Waals surface area contributed by atoms with E-state index in [1.165, 1.54) is 0 Å². The molecular weight excluding hydrogens is 516 g/mol. The van der Waals surface area contributed by atoms with Gasteiger partial charge in [-0.3, -0.25) is 14.4 Å². The van der Waals surface area contributed by atoms with Gasteiger partial charge in [0.25, 0.3) is 0 Å². The standard InChI is InChI=1S/C34H24N2O5/c37-30(21-9-2-1-3-10-21)28-29(31(38)22-14-15-26-27(18-22)41-19-40-26)36-17-16-20-8-4-5-11-23(20)32(36)34(28)24-12-6-7-13-25(24)35-33(34)39/h1-18,28-29,32H,19H2,(H,35,39)/t28-,29-,32+,34+/m1/s1. The lowest BCUT2D eigenvalue weighted by atomic mass is 9.62. The molecule has 41 heavy (non-hydrogen) atoms. The summed E-state index contributed by atoms with van der Waals surface area (Å²) in [6, 6.07) is 27.8. The Morgan fingerprint density at radius 3 is 2.44 bits per heavy atom. The van der Waals surface area contributed by atoms with E-state index in [0.717, 1.165) is 16.7 Å². The zero-order valence-corrected chi connectivity index (χ0v) is 21.8. The number of nitrogens with zero attached hydrogens (tertiary/aromatic N) is 1. The molecule has 0 saturated carbocycles. The van der Waals surface area contributed by atoms with Gasteiger partial charge in [0.15, 0.2) is 23.1 Å². The maximum Gasteiger partial charge on any atom is 0.238 e. The summed E-state index contributed by atoms with van der Waals surface area (Å²) in [4.78, 5) is 45.8. The number of carbonyl (C=O) groups excluding carboxylic acids is 3. The Labute approximate surface area is 236 Å². The van der Waals surface area contributed by atoms with Crippen molar-refractivity contribution < 1.29 is 23.9 Å². The van der Waals surface area contributed by atoms with E-state index in [-0.39, 0.29) is 24.3 Å². The number of Topliss-reactive ketones (excluding diaryl/α,β-unsaturated/α-hetero) is 2. The lowest BCUT2D eigenvalue weighted by molar-refractivity contribution is -0.122. The highest BCUT2D eigenvalue weighted by Gasteiger charge is 2.70. The number of nitrogens with one attached hydrogen (secondary N) is 1. The maximum absolute atomic E-state index is 14.7. The van der Waals surface area contributed by atoms with E-state index in [0.29, 0.717) is 28.3 Å². The molecular formula is C34H24N2O5. The minimum absolute atomic E-state index is 0.0826. The second kappa shape index (κ2) is 8.66. The van der Waals surface area contributed by atoms with Crippen LogP contribution in [0.2, 0.25) is 0 Å². The smallest absolute Gasteiger partial charge is 0.238 e. The molecule has 4 atom stereocenters. The van der Waals surface area contributed by atoms with E-state index >= 15 is 0 Å². The molecule has 7 heteroatoms. The summed E-state index contributed by atoms with van der Waals surface area (Å²) >= 11 is 0. The van der Waals surface area contributed by atoms with E-state index < -0.39 is 23.4 Å². The Hall–Kier alpha value is -5.17. The van der Waals surface area contributed by atoms with Crippen LogP contribution < -0.4 is 14.8 Å². The molecule has 1 fully saturated rings. The summed E-state index contributed by atoms with van der Waals surface area (Å²) in [5.41, 5.74) is 2.71. The molecule has 4 aromatic rings. The third kappa shape index (κ3) is 3.17. The normalized spacial score (nSPS) is 24.5. The largest absolute Gasteiger partial charge is 0.454 e. The fourth-order valence-corrected chi connectivity index (χ4v) is 7.17. The molecule has 200 valence electrons. The van der Waals surface area contributed by atoms with Crippen LogP contribution in [-0.4, -0.2) is 35.2 Å². The maximum atomic E-state index is 14.7. The number of amides is 1. The first-order valence-corrected chi connectivity index (χ1v) is 13.6. The number of carbonyl (C=O) groups is 3. The Balaban J connectivity index is 1.41. The number of para-hydroxylation sites is 1. The van der Waals surface area contributed by atoms with Crippen molar-refractivity contribution in [3.8, 4) is 11.5 Å². The van der Waals surface area contributed by atoms with Gasteiger partial charge in [-0.2, -0.15) is 0 Å². The molecule has 0 radical (unpaired) electrons. The van der Waals surface area contributed by atoms with E-state index in [4.69, 9.17) is 9.47 Å². The summed E-state index contributed by atoms with van der Waals surface area (Å²) in [6.07, 6.45) is 3.82. The zero-order valence-electron chi connectivity index (χ0n) is 21.8. The van der Waals surface area contributed by atoms with E-state index in [1.807, 2.05) is 71.8 Å². The van der Waals surface area contributed by atoms with Gasteiger partial charge in [-0.25, -0.2) is 0 Å². The minimum atomic E-state index is -1.36. The van der Waals surface area contributed by atoms with Crippen LogP contribution in [-0.2, 0) is 10.2 Å². The summed E-state index contributed by atoms with van der Waals surface area (Å²) in [6.45, 7) is 0.0826. The molecule has 1 spiro atoms. The molecule has 0 bridgehead atoms. The molecule has 1 N–H and O–H groups in total. The fourth-order valence-electron chi connectivity index (χ4n) is 7.17. The first-order chi connectivity index (χ1) is 20.1.